The molecular formula is C23H40IN5O. The van der Waals surface area contributed by atoms with Crippen molar-refractivity contribution in [3.63, 3.8) is 0 Å². The van der Waals surface area contributed by atoms with Crippen LogP contribution in [0.1, 0.15) is 58.6 Å². The highest BCUT2D eigenvalue weighted by Gasteiger charge is 2.17. The highest BCUT2D eigenvalue weighted by atomic mass is 127. The SMILES string of the molecule is CCNC(=NCc1ccccc1CN1CCCC(C)C1)NCC(=O)NC(C)(C)C.I. The van der Waals surface area contributed by atoms with Gasteiger partial charge in [0.25, 0.3) is 0 Å². The van der Waals surface area contributed by atoms with Gasteiger partial charge in [0.15, 0.2) is 5.96 Å². The number of rotatable bonds is 7. The Balaban J connectivity index is 0.00000450. The Hall–Kier alpha value is -1.35. The number of carbonyl (C=O) groups excluding carboxylic acids is 1. The summed E-state index contributed by atoms with van der Waals surface area (Å²) in [5, 5.41) is 9.32. The molecule has 1 saturated heterocycles. The van der Waals surface area contributed by atoms with Crippen molar-refractivity contribution < 1.29 is 4.79 Å². The fourth-order valence-electron chi connectivity index (χ4n) is 3.67. The first-order valence-corrected chi connectivity index (χ1v) is 10.9. The van der Waals surface area contributed by atoms with E-state index in [-0.39, 0.29) is 42.0 Å². The molecule has 1 aliphatic rings. The van der Waals surface area contributed by atoms with Crippen molar-refractivity contribution in [2.75, 3.05) is 26.2 Å². The molecule has 1 fully saturated rings. The molecule has 1 heterocycles. The van der Waals surface area contributed by atoms with Gasteiger partial charge in [-0.05, 0) is 64.1 Å². The Labute approximate surface area is 199 Å². The zero-order valence-electron chi connectivity index (χ0n) is 19.3. The summed E-state index contributed by atoms with van der Waals surface area (Å²) in [4.78, 5) is 19.4. The maximum atomic E-state index is 12.1. The fourth-order valence-corrected chi connectivity index (χ4v) is 3.67. The number of aliphatic imine (C=N–C) groups is 1. The van der Waals surface area contributed by atoms with Gasteiger partial charge in [-0.25, -0.2) is 4.99 Å². The van der Waals surface area contributed by atoms with Crippen LogP contribution in [0.2, 0.25) is 0 Å². The lowest BCUT2D eigenvalue weighted by Gasteiger charge is -2.31. The predicted molar refractivity (Wildman–Crippen MR) is 136 cm³/mol. The number of carbonyl (C=O) groups is 1. The number of guanidine groups is 1. The molecule has 2 rings (SSSR count). The summed E-state index contributed by atoms with van der Waals surface area (Å²) in [5.74, 6) is 1.40. The normalized spacial score (nSPS) is 17.8. The van der Waals surface area contributed by atoms with Gasteiger partial charge >= 0.3 is 0 Å². The number of nitrogens with one attached hydrogen (secondary N) is 3. The first-order chi connectivity index (χ1) is 13.8. The van der Waals surface area contributed by atoms with Crippen LogP contribution in [-0.4, -0.2) is 48.5 Å². The van der Waals surface area contributed by atoms with Gasteiger partial charge < -0.3 is 16.0 Å². The van der Waals surface area contributed by atoms with Crippen LogP contribution in [-0.2, 0) is 17.9 Å². The Kier molecular flexibility index (Phi) is 11.7. The number of likely N-dealkylation sites (tertiary alicyclic amines) is 1. The van der Waals surface area contributed by atoms with Crippen LogP contribution in [0.15, 0.2) is 29.3 Å². The van der Waals surface area contributed by atoms with E-state index >= 15 is 0 Å². The van der Waals surface area contributed by atoms with Crippen LogP contribution in [0, 0.1) is 5.92 Å². The molecular weight excluding hydrogens is 489 g/mol. The number of hydrogen-bond donors (Lipinski definition) is 3. The summed E-state index contributed by atoms with van der Waals surface area (Å²) in [5.41, 5.74) is 2.34. The number of nitrogens with zero attached hydrogens (tertiary/aromatic N) is 2. The lowest BCUT2D eigenvalue weighted by molar-refractivity contribution is -0.121. The van der Waals surface area contributed by atoms with Crippen LogP contribution in [0.4, 0.5) is 0 Å². The maximum absolute atomic E-state index is 12.1. The van der Waals surface area contributed by atoms with Crippen molar-refractivity contribution >= 4 is 35.8 Å². The van der Waals surface area contributed by atoms with Gasteiger partial charge in [0.05, 0.1) is 13.1 Å². The molecule has 6 nitrogen and oxygen atoms in total. The van der Waals surface area contributed by atoms with E-state index in [0.29, 0.717) is 12.5 Å². The third-order valence-corrected chi connectivity index (χ3v) is 4.94. The number of benzene rings is 1. The molecule has 1 aromatic rings. The molecule has 30 heavy (non-hydrogen) atoms. The maximum Gasteiger partial charge on any atom is 0.239 e. The molecule has 1 aliphatic heterocycles. The second kappa shape index (κ2) is 13.1. The van der Waals surface area contributed by atoms with E-state index in [0.717, 1.165) is 19.0 Å². The van der Waals surface area contributed by atoms with E-state index in [1.807, 2.05) is 27.7 Å². The number of piperidine rings is 1. The standard InChI is InChI=1S/C23H39N5O.HI/c1-6-24-22(26-15-21(29)27-23(3,4)5)25-14-19-11-7-8-12-20(19)17-28-13-9-10-18(2)16-28;/h7-8,11-12,18H,6,9-10,13-17H2,1-5H3,(H,27,29)(H2,24,25,26);1H. The second-order valence-corrected chi connectivity index (χ2v) is 9.10. The number of halogens is 1. The van der Waals surface area contributed by atoms with Crippen molar-refractivity contribution in [3.05, 3.63) is 35.4 Å². The van der Waals surface area contributed by atoms with Gasteiger partial charge in [-0.1, -0.05) is 31.2 Å². The minimum atomic E-state index is -0.237. The third-order valence-electron chi connectivity index (χ3n) is 4.94. The molecule has 0 saturated carbocycles. The van der Waals surface area contributed by atoms with E-state index in [1.165, 1.54) is 37.1 Å². The van der Waals surface area contributed by atoms with Gasteiger partial charge in [0.1, 0.15) is 0 Å². The zero-order chi connectivity index (χ0) is 21.3. The van der Waals surface area contributed by atoms with Crippen molar-refractivity contribution in [2.45, 2.75) is 66.1 Å². The van der Waals surface area contributed by atoms with Crippen LogP contribution in [0.3, 0.4) is 0 Å². The third kappa shape index (κ3) is 10.1. The topological polar surface area (TPSA) is 68.8 Å². The summed E-state index contributed by atoms with van der Waals surface area (Å²) < 4.78 is 0. The highest BCUT2D eigenvalue weighted by molar-refractivity contribution is 14.0. The predicted octanol–water partition coefficient (Wildman–Crippen LogP) is 3.51. The van der Waals surface area contributed by atoms with Crippen molar-refractivity contribution in [2.24, 2.45) is 10.9 Å². The molecule has 0 aliphatic carbocycles. The summed E-state index contributed by atoms with van der Waals surface area (Å²) >= 11 is 0. The Morgan fingerprint density at radius 2 is 1.90 bits per heavy atom. The fraction of sp³-hybridized carbons (Fsp3) is 0.652. The molecule has 1 atom stereocenters. The van der Waals surface area contributed by atoms with Gasteiger partial charge in [0, 0.05) is 25.2 Å². The number of hydrogen-bond acceptors (Lipinski definition) is 3. The van der Waals surface area contributed by atoms with Crippen LogP contribution < -0.4 is 16.0 Å². The smallest absolute Gasteiger partial charge is 0.239 e. The average molecular weight is 530 g/mol. The number of amides is 1. The molecule has 1 amide bonds. The van der Waals surface area contributed by atoms with Crippen molar-refractivity contribution in [3.8, 4) is 0 Å². The summed E-state index contributed by atoms with van der Waals surface area (Å²) in [6, 6.07) is 8.55. The Morgan fingerprint density at radius 1 is 1.20 bits per heavy atom. The molecule has 0 bridgehead atoms. The average Bonchev–Trinajstić information content (AvgIpc) is 2.64. The van der Waals surface area contributed by atoms with E-state index in [2.05, 4.69) is 52.0 Å². The highest BCUT2D eigenvalue weighted by Crippen LogP contribution is 2.20. The van der Waals surface area contributed by atoms with E-state index in [9.17, 15) is 4.79 Å². The molecule has 1 unspecified atom stereocenters. The van der Waals surface area contributed by atoms with Crippen LogP contribution in [0.5, 0.6) is 0 Å². The first kappa shape index (κ1) is 26.7. The minimum absolute atomic E-state index is 0. The summed E-state index contributed by atoms with van der Waals surface area (Å²) in [7, 11) is 0. The van der Waals surface area contributed by atoms with Crippen LogP contribution >= 0.6 is 24.0 Å². The second-order valence-electron chi connectivity index (χ2n) is 9.10. The molecule has 7 heteroatoms. The van der Waals surface area contributed by atoms with Gasteiger partial charge in [-0.15, -0.1) is 24.0 Å². The van der Waals surface area contributed by atoms with Gasteiger partial charge in [0.2, 0.25) is 5.91 Å². The first-order valence-electron chi connectivity index (χ1n) is 10.9. The van der Waals surface area contributed by atoms with Gasteiger partial charge in [-0.3, -0.25) is 9.69 Å². The quantitative estimate of drug-likeness (QED) is 0.288. The van der Waals surface area contributed by atoms with Crippen molar-refractivity contribution in [1.29, 1.82) is 0 Å². The van der Waals surface area contributed by atoms with E-state index < -0.39 is 0 Å². The molecule has 0 radical (unpaired) electrons. The molecule has 0 aromatic heterocycles. The van der Waals surface area contributed by atoms with E-state index in [1.54, 1.807) is 0 Å². The Morgan fingerprint density at radius 3 is 2.53 bits per heavy atom. The Bertz CT molecular complexity index is 686. The van der Waals surface area contributed by atoms with Crippen LogP contribution in [0.25, 0.3) is 0 Å². The largest absolute Gasteiger partial charge is 0.357 e. The summed E-state index contributed by atoms with van der Waals surface area (Å²) in [6.45, 7) is 15.2. The molecule has 1 aromatic carbocycles. The summed E-state index contributed by atoms with van der Waals surface area (Å²) in [6.07, 6.45) is 2.62. The van der Waals surface area contributed by atoms with Crippen molar-refractivity contribution in [1.82, 2.24) is 20.9 Å². The lowest BCUT2D eigenvalue weighted by atomic mass is 9.99. The molecule has 170 valence electrons. The minimum Gasteiger partial charge on any atom is -0.357 e. The lowest BCUT2D eigenvalue weighted by Crippen LogP contribution is -2.48. The van der Waals surface area contributed by atoms with E-state index in [4.69, 9.17) is 4.99 Å². The zero-order valence-corrected chi connectivity index (χ0v) is 21.6. The molecule has 3 N–H and O–H groups in total. The van der Waals surface area contributed by atoms with Gasteiger partial charge in [-0.2, -0.15) is 0 Å². The monoisotopic (exact) mass is 529 g/mol. The molecule has 0 spiro atoms.